The van der Waals surface area contributed by atoms with Crippen LogP contribution in [-0.4, -0.2) is 16.5 Å². The van der Waals surface area contributed by atoms with Crippen LogP contribution in [-0.2, 0) is 0 Å². The molecule has 0 saturated heterocycles. The zero-order valence-corrected chi connectivity index (χ0v) is 11.2. The Balaban J connectivity index is 0.00000144. The molecule has 0 saturated carbocycles. The molecule has 2 rings (SSSR count). The number of anilines is 1. The van der Waals surface area contributed by atoms with E-state index in [9.17, 15) is 0 Å². The fourth-order valence-electron chi connectivity index (χ4n) is 1.61. The van der Waals surface area contributed by atoms with E-state index in [-0.39, 0.29) is 12.4 Å². The molecular weight excluding hydrogens is 234 g/mol. The SMILES string of the molecule is Cc1ccc2ncnc(NCC(C)C)c2c1.Cl. The fourth-order valence-corrected chi connectivity index (χ4v) is 1.61. The minimum atomic E-state index is 0. The average Bonchev–Trinajstić information content (AvgIpc) is 2.26. The van der Waals surface area contributed by atoms with Gasteiger partial charge in [0.15, 0.2) is 0 Å². The molecule has 3 nitrogen and oxygen atoms in total. The number of nitrogens with zero attached hydrogens (tertiary/aromatic N) is 2. The van der Waals surface area contributed by atoms with Crippen LogP contribution in [0.3, 0.4) is 0 Å². The predicted octanol–water partition coefficient (Wildman–Crippen LogP) is 3.43. The number of fused-ring (bicyclic) bond motifs is 1. The molecule has 0 unspecified atom stereocenters. The molecule has 0 aliphatic heterocycles. The van der Waals surface area contributed by atoms with Gasteiger partial charge in [-0.25, -0.2) is 9.97 Å². The Labute approximate surface area is 108 Å². The van der Waals surface area contributed by atoms with E-state index in [1.54, 1.807) is 6.33 Å². The average molecular weight is 252 g/mol. The molecule has 0 fully saturated rings. The van der Waals surface area contributed by atoms with Gasteiger partial charge in [0.1, 0.15) is 12.1 Å². The monoisotopic (exact) mass is 251 g/mol. The van der Waals surface area contributed by atoms with E-state index in [4.69, 9.17) is 0 Å². The Hall–Kier alpha value is -1.35. The number of aryl methyl sites for hydroxylation is 1. The lowest BCUT2D eigenvalue weighted by Crippen LogP contribution is -2.09. The molecule has 0 radical (unpaired) electrons. The third kappa shape index (κ3) is 3.30. The standard InChI is InChI=1S/C13H17N3.ClH/c1-9(2)7-14-13-11-6-10(3)4-5-12(11)15-8-16-13;/h4-6,8-9H,7H2,1-3H3,(H,14,15,16);1H. The topological polar surface area (TPSA) is 37.8 Å². The molecular formula is C13H18ClN3. The highest BCUT2D eigenvalue weighted by Crippen LogP contribution is 2.20. The molecule has 1 aromatic carbocycles. The Morgan fingerprint density at radius 3 is 2.71 bits per heavy atom. The van der Waals surface area contributed by atoms with E-state index in [1.807, 2.05) is 6.07 Å². The third-order valence-electron chi connectivity index (χ3n) is 2.47. The van der Waals surface area contributed by atoms with Crippen LogP contribution in [0.15, 0.2) is 24.5 Å². The number of rotatable bonds is 3. The first-order valence-electron chi connectivity index (χ1n) is 5.62. The Bertz CT molecular complexity index is 497. The second-order valence-corrected chi connectivity index (χ2v) is 4.52. The summed E-state index contributed by atoms with van der Waals surface area (Å²) in [5.41, 5.74) is 2.22. The minimum Gasteiger partial charge on any atom is -0.369 e. The lowest BCUT2D eigenvalue weighted by atomic mass is 10.1. The number of aromatic nitrogens is 2. The number of halogens is 1. The summed E-state index contributed by atoms with van der Waals surface area (Å²) >= 11 is 0. The highest BCUT2D eigenvalue weighted by molar-refractivity contribution is 5.89. The summed E-state index contributed by atoms with van der Waals surface area (Å²) < 4.78 is 0. The summed E-state index contributed by atoms with van der Waals surface area (Å²) in [5.74, 6) is 1.54. The normalized spacial score (nSPS) is 10.4. The molecule has 92 valence electrons. The van der Waals surface area contributed by atoms with Gasteiger partial charge >= 0.3 is 0 Å². The molecule has 1 N–H and O–H groups in total. The second-order valence-electron chi connectivity index (χ2n) is 4.52. The van der Waals surface area contributed by atoms with E-state index in [0.717, 1.165) is 23.3 Å². The maximum atomic E-state index is 4.30. The van der Waals surface area contributed by atoms with Crippen molar-refractivity contribution in [1.29, 1.82) is 0 Å². The predicted molar refractivity (Wildman–Crippen MR) is 74.9 cm³/mol. The van der Waals surface area contributed by atoms with E-state index in [2.05, 4.69) is 48.2 Å². The summed E-state index contributed by atoms with van der Waals surface area (Å²) in [6, 6.07) is 6.23. The van der Waals surface area contributed by atoms with Gasteiger partial charge in [0, 0.05) is 11.9 Å². The largest absolute Gasteiger partial charge is 0.369 e. The molecule has 1 aromatic heterocycles. The summed E-state index contributed by atoms with van der Waals surface area (Å²) in [4.78, 5) is 8.56. The van der Waals surface area contributed by atoms with Crippen LogP contribution in [0, 0.1) is 12.8 Å². The molecule has 0 atom stereocenters. The van der Waals surface area contributed by atoms with Crippen molar-refractivity contribution < 1.29 is 0 Å². The van der Waals surface area contributed by atoms with Crippen LogP contribution in [0.4, 0.5) is 5.82 Å². The van der Waals surface area contributed by atoms with Crippen molar-refractivity contribution in [1.82, 2.24) is 9.97 Å². The van der Waals surface area contributed by atoms with Crippen molar-refractivity contribution in [2.75, 3.05) is 11.9 Å². The van der Waals surface area contributed by atoms with Gasteiger partial charge in [-0.15, -0.1) is 12.4 Å². The highest BCUT2D eigenvalue weighted by atomic mass is 35.5. The second kappa shape index (κ2) is 5.82. The van der Waals surface area contributed by atoms with Gasteiger partial charge in [0.05, 0.1) is 5.52 Å². The van der Waals surface area contributed by atoms with Crippen LogP contribution in [0.5, 0.6) is 0 Å². The summed E-state index contributed by atoms with van der Waals surface area (Å²) in [5, 5.41) is 4.46. The van der Waals surface area contributed by atoms with Crippen molar-refractivity contribution in [2.45, 2.75) is 20.8 Å². The minimum absolute atomic E-state index is 0. The molecule has 17 heavy (non-hydrogen) atoms. The van der Waals surface area contributed by atoms with Crippen LogP contribution < -0.4 is 5.32 Å². The Morgan fingerprint density at radius 1 is 1.24 bits per heavy atom. The summed E-state index contributed by atoms with van der Waals surface area (Å²) in [6.07, 6.45) is 1.61. The van der Waals surface area contributed by atoms with Gasteiger partial charge in [-0.1, -0.05) is 25.5 Å². The van der Waals surface area contributed by atoms with Gasteiger partial charge in [0.2, 0.25) is 0 Å². The lowest BCUT2D eigenvalue weighted by molar-refractivity contribution is 0.687. The van der Waals surface area contributed by atoms with Gasteiger partial charge in [-0.05, 0) is 25.0 Å². The van der Waals surface area contributed by atoms with E-state index < -0.39 is 0 Å². The van der Waals surface area contributed by atoms with Crippen molar-refractivity contribution in [2.24, 2.45) is 5.92 Å². The smallest absolute Gasteiger partial charge is 0.137 e. The van der Waals surface area contributed by atoms with Gasteiger partial charge in [-0.2, -0.15) is 0 Å². The van der Waals surface area contributed by atoms with E-state index in [1.165, 1.54) is 5.56 Å². The van der Waals surface area contributed by atoms with Crippen LogP contribution >= 0.6 is 12.4 Å². The Morgan fingerprint density at radius 2 is 2.00 bits per heavy atom. The van der Waals surface area contributed by atoms with Gasteiger partial charge < -0.3 is 5.32 Å². The summed E-state index contributed by atoms with van der Waals surface area (Å²) in [7, 11) is 0. The fraction of sp³-hybridized carbons (Fsp3) is 0.385. The molecule has 0 bridgehead atoms. The zero-order valence-electron chi connectivity index (χ0n) is 10.4. The Kier molecular flexibility index (Phi) is 4.70. The maximum absolute atomic E-state index is 4.30. The first kappa shape index (κ1) is 13.7. The molecule has 0 spiro atoms. The zero-order chi connectivity index (χ0) is 11.5. The highest BCUT2D eigenvalue weighted by Gasteiger charge is 2.03. The van der Waals surface area contributed by atoms with Gasteiger partial charge in [-0.3, -0.25) is 0 Å². The third-order valence-corrected chi connectivity index (χ3v) is 2.47. The number of nitrogens with one attached hydrogen (secondary N) is 1. The van der Waals surface area contributed by atoms with Crippen molar-refractivity contribution in [3.63, 3.8) is 0 Å². The number of benzene rings is 1. The molecule has 0 amide bonds. The van der Waals surface area contributed by atoms with Crippen molar-refractivity contribution in [3.05, 3.63) is 30.1 Å². The molecule has 2 aromatic rings. The maximum Gasteiger partial charge on any atom is 0.137 e. The number of hydrogen-bond donors (Lipinski definition) is 1. The van der Waals surface area contributed by atoms with Crippen LogP contribution in [0.2, 0.25) is 0 Å². The summed E-state index contributed by atoms with van der Waals surface area (Å²) in [6.45, 7) is 7.38. The molecule has 4 heteroatoms. The molecule has 0 aliphatic rings. The van der Waals surface area contributed by atoms with Crippen molar-refractivity contribution >= 4 is 29.1 Å². The van der Waals surface area contributed by atoms with E-state index in [0.29, 0.717) is 5.92 Å². The molecule has 1 heterocycles. The number of hydrogen-bond acceptors (Lipinski definition) is 3. The van der Waals surface area contributed by atoms with Crippen molar-refractivity contribution in [3.8, 4) is 0 Å². The van der Waals surface area contributed by atoms with Gasteiger partial charge in [0.25, 0.3) is 0 Å². The quantitative estimate of drug-likeness (QED) is 0.908. The first-order chi connectivity index (χ1) is 7.66. The van der Waals surface area contributed by atoms with Crippen LogP contribution in [0.1, 0.15) is 19.4 Å². The molecule has 0 aliphatic carbocycles. The lowest BCUT2D eigenvalue weighted by Gasteiger charge is -2.10. The van der Waals surface area contributed by atoms with E-state index >= 15 is 0 Å². The first-order valence-corrected chi connectivity index (χ1v) is 5.62. The van der Waals surface area contributed by atoms with Crippen LogP contribution in [0.25, 0.3) is 10.9 Å².